The summed E-state index contributed by atoms with van der Waals surface area (Å²) in [5.41, 5.74) is 0. The van der Waals surface area contributed by atoms with Gasteiger partial charge in [0.05, 0.1) is 6.54 Å². The second-order valence-electron chi connectivity index (χ2n) is 6.40. The Morgan fingerprint density at radius 1 is 1.41 bits per heavy atom. The Balaban J connectivity index is 0.00000261. The van der Waals surface area contributed by atoms with Crippen molar-refractivity contribution >= 4 is 41.7 Å². The highest BCUT2D eigenvalue weighted by Crippen LogP contribution is 2.11. The molecule has 0 bridgehead atoms. The minimum absolute atomic E-state index is 0. The van der Waals surface area contributed by atoms with Gasteiger partial charge in [-0.2, -0.15) is 16.9 Å². The van der Waals surface area contributed by atoms with Crippen LogP contribution in [0, 0.1) is 6.92 Å². The lowest BCUT2D eigenvalue weighted by atomic mass is 10.1. The maximum absolute atomic E-state index is 4.72. The van der Waals surface area contributed by atoms with E-state index in [1.54, 1.807) is 6.33 Å². The molecule has 1 aliphatic rings. The van der Waals surface area contributed by atoms with E-state index >= 15 is 0 Å². The second kappa shape index (κ2) is 10.8. The highest BCUT2D eigenvalue weighted by Gasteiger charge is 2.20. The lowest BCUT2D eigenvalue weighted by Crippen LogP contribution is -2.47. The molecule has 9 nitrogen and oxygen atoms in total. The SMILES string of the molecule is CSCCCNC(=NCc1nnc(C)n1C)NC1CCc2ncnn2C1.I. The third-order valence-corrected chi connectivity index (χ3v) is 5.22. The van der Waals surface area contributed by atoms with Crippen LogP contribution in [-0.2, 0) is 26.6 Å². The Hall–Kier alpha value is -1.37. The van der Waals surface area contributed by atoms with Gasteiger partial charge in [-0.25, -0.2) is 14.7 Å². The van der Waals surface area contributed by atoms with Crippen LogP contribution in [0.5, 0.6) is 0 Å². The van der Waals surface area contributed by atoms with Crippen molar-refractivity contribution in [3.8, 4) is 0 Å². The fourth-order valence-electron chi connectivity index (χ4n) is 2.86. The van der Waals surface area contributed by atoms with Gasteiger partial charge in [0.1, 0.15) is 24.5 Å². The van der Waals surface area contributed by atoms with Gasteiger partial charge in [-0.3, -0.25) is 0 Å². The smallest absolute Gasteiger partial charge is 0.191 e. The van der Waals surface area contributed by atoms with Crippen molar-refractivity contribution in [2.45, 2.75) is 45.3 Å². The van der Waals surface area contributed by atoms with E-state index in [1.165, 1.54) is 0 Å². The Morgan fingerprint density at radius 2 is 2.26 bits per heavy atom. The number of hydrogen-bond donors (Lipinski definition) is 2. The van der Waals surface area contributed by atoms with Crippen molar-refractivity contribution in [1.29, 1.82) is 0 Å². The van der Waals surface area contributed by atoms with E-state index in [0.717, 1.165) is 61.5 Å². The van der Waals surface area contributed by atoms with E-state index in [2.05, 4.69) is 37.2 Å². The van der Waals surface area contributed by atoms with Gasteiger partial charge in [0.25, 0.3) is 0 Å². The van der Waals surface area contributed by atoms with Crippen molar-refractivity contribution in [2.24, 2.45) is 12.0 Å². The van der Waals surface area contributed by atoms with Gasteiger partial charge < -0.3 is 15.2 Å². The van der Waals surface area contributed by atoms with Crippen LogP contribution in [0.4, 0.5) is 0 Å². The molecule has 0 saturated heterocycles. The van der Waals surface area contributed by atoms with Gasteiger partial charge in [-0.15, -0.1) is 34.2 Å². The highest BCUT2D eigenvalue weighted by atomic mass is 127. The van der Waals surface area contributed by atoms with Crippen LogP contribution in [-0.4, -0.2) is 60.1 Å². The Labute approximate surface area is 181 Å². The molecule has 2 aromatic heterocycles. The molecule has 1 atom stereocenters. The molecule has 0 aromatic carbocycles. The summed E-state index contributed by atoms with van der Waals surface area (Å²) in [5.74, 6) is 4.76. The minimum Gasteiger partial charge on any atom is -0.356 e. The summed E-state index contributed by atoms with van der Waals surface area (Å²) in [6.07, 6.45) is 6.81. The molecule has 27 heavy (non-hydrogen) atoms. The van der Waals surface area contributed by atoms with Gasteiger partial charge in [-0.1, -0.05) is 0 Å². The average molecular weight is 505 g/mol. The number of halogens is 1. The molecule has 3 heterocycles. The first-order valence-corrected chi connectivity index (χ1v) is 10.3. The zero-order valence-electron chi connectivity index (χ0n) is 16.1. The molecule has 0 aliphatic carbocycles. The molecule has 0 spiro atoms. The Kier molecular flexibility index (Phi) is 8.80. The molecule has 0 radical (unpaired) electrons. The van der Waals surface area contributed by atoms with Gasteiger partial charge in [0.2, 0.25) is 0 Å². The van der Waals surface area contributed by atoms with E-state index in [0.29, 0.717) is 6.54 Å². The monoisotopic (exact) mass is 505 g/mol. The lowest BCUT2D eigenvalue weighted by Gasteiger charge is -2.25. The largest absolute Gasteiger partial charge is 0.356 e. The first-order chi connectivity index (χ1) is 12.7. The summed E-state index contributed by atoms with van der Waals surface area (Å²) in [4.78, 5) is 9.01. The number of aliphatic imine (C=N–C) groups is 1. The van der Waals surface area contributed by atoms with Crippen molar-refractivity contribution in [3.05, 3.63) is 23.8 Å². The van der Waals surface area contributed by atoms with E-state index in [9.17, 15) is 0 Å². The normalized spacial score (nSPS) is 16.6. The predicted molar refractivity (Wildman–Crippen MR) is 119 cm³/mol. The van der Waals surface area contributed by atoms with Gasteiger partial charge in [0, 0.05) is 26.1 Å². The fourth-order valence-corrected chi connectivity index (χ4v) is 3.30. The van der Waals surface area contributed by atoms with Gasteiger partial charge >= 0.3 is 0 Å². The summed E-state index contributed by atoms with van der Waals surface area (Å²) in [7, 11) is 1.96. The summed E-state index contributed by atoms with van der Waals surface area (Å²) < 4.78 is 3.94. The maximum Gasteiger partial charge on any atom is 0.191 e. The van der Waals surface area contributed by atoms with Crippen LogP contribution in [0.2, 0.25) is 0 Å². The van der Waals surface area contributed by atoms with Crippen molar-refractivity contribution in [2.75, 3.05) is 18.6 Å². The van der Waals surface area contributed by atoms with E-state index in [-0.39, 0.29) is 30.0 Å². The minimum atomic E-state index is 0. The van der Waals surface area contributed by atoms with E-state index < -0.39 is 0 Å². The summed E-state index contributed by atoms with van der Waals surface area (Å²) in [5, 5.41) is 19.6. The molecular formula is C16H28IN9S. The maximum atomic E-state index is 4.72. The van der Waals surface area contributed by atoms with Gasteiger partial charge in [-0.05, 0) is 31.8 Å². The molecule has 150 valence electrons. The van der Waals surface area contributed by atoms with Crippen LogP contribution in [0.1, 0.15) is 30.3 Å². The van der Waals surface area contributed by atoms with E-state index in [4.69, 9.17) is 4.99 Å². The van der Waals surface area contributed by atoms with Crippen LogP contribution in [0.25, 0.3) is 0 Å². The molecule has 1 unspecified atom stereocenters. The standard InChI is InChI=1S/C16H27N9S.HI/c1-12-22-23-15(24(12)2)9-18-16(17-7-4-8-26-3)21-13-5-6-14-19-11-20-25(14)10-13;/h11,13H,4-10H2,1-3H3,(H2,17,18,21);1H. The third kappa shape index (κ3) is 6.06. The third-order valence-electron chi connectivity index (χ3n) is 4.53. The van der Waals surface area contributed by atoms with Crippen LogP contribution in [0.3, 0.4) is 0 Å². The Bertz CT molecular complexity index is 742. The molecule has 2 N–H and O–H groups in total. The number of guanidine groups is 1. The average Bonchev–Trinajstić information content (AvgIpc) is 3.23. The predicted octanol–water partition coefficient (Wildman–Crippen LogP) is 1.14. The van der Waals surface area contributed by atoms with Crippen LogP contribution < -0.4 is 10.6 Å². The molecule has 0 saturated carbocycles. The molecule has 3 rings (SSSR count). The fraction of sp³-hybridized carbons (Fsp3) is 0.688. The number of thioether (sulfide) groups is 1. The molecule has 1 aliphatic heterocycles. The first-order valence-electron chi connectivity index (χ1n) is 8.92. The number of aromatic nitrogens is 6. The quantitative estimate of drug-likeness (QED) is 0.252. The number of nitrogens with one attached hydrogen (secondary N) is 2. The summed E-state index contributed by atoms with van der Waals surface area (Å²) in [6, 6.07) is 0.289. The first kappa shape index (κ1) is 21.9. The zero-order chi connectivity index (χ0) is 18.4. The zero-order valence-corrected chi connectivity index (χ0v) is 19.2. The second-order valence-corrected chi connectivity index (χ2v) is 7.38. The lowest BCUT2D eigenvalue weighted by molar-refractivity contribution is 0.392. The summed E-state index contributed by atoms with van der Waals surface area (Å²) in [6.45, 7) is 4.14. The number of nitrogens with zero attached hydrogens (tertiary/aromatic N) is 7. The van der Waals surface area contributed by atoms with Crippen LogP contribution in [0.15, 0.2) is 11.3 Å². The molecule has 0 fully saturated rings. The van der Waals surface area contributed by atoms with E-state index in [1.807, 2.05) is 35.0 Å². The Morgan fingerprint density at radius 3 is 3.00 bits per heavy atom. The van der Waals surface area contributed by atoms with Crippen LogP contribution >= 0.6 is 35.7 Å². The molecule has 0 amide bonds. The number of aryl methyl sites for hydroxylation is 2. The van der Waals surface area contributed by atoms with Crippen molar-refractivity contribution in [3.63, 3.8) is 0 Å². The number of fused-ring (bicyclic) bond motifs is 1. The number of hydrogen-bond acceptors (Lipinski definition) is 6. The van der Waals surface area contributed by atoms with Crippen molar-refractivity contribution in [1.82, 2.24) is 40.2 Å². The topological polar surface area (TPSA) is 97.8 Å². The molecular weight excluding hydrogens is 477 g/mol. The highest BCUT2D eigenvalue weighted by molar-refractivity contribution is 14.0. The van der Waals surface area contributed by atoms with Gasteiger partial charge in [0.15, 0.2) is 11.8 Å². The molecule has 2 aromatic rings. The number of rotatable bonds is 7. The summed E-state index contributed by atoms with van der Waals surface area (Å²) >= 11 is 1.86. The molecule has 11 heteroatoms. The van der Waals surface area contributed by atoms with Crippen molar-refractivity contribution < 1.29 is 0 Å².